The summed E-state index contributed by atoms with van der Waals surface area (Å²) in [6.07, 6.45) is 2.98. The molecule has 0 fully saturated rings. The fourth-order valence-electron chi connectivity index (χ4n) is 2.99. The number of carbonyl (C=O) groups is 3. The van der Waals surface area contributed by atoms with E-state index in [1.165, 1.54) is 37.3 Å². The minimum Gasteiger partial charge on any atom is -0.466 e. The molecule has 0 N–H and O–H groups in total. The predicted molar refractivity (Wildman–Crippen MR) is 111 cm³/mol. The molecule has 0 aliphatic carbocycles. The third-order valence-electron chi connectivity index (χ3n) is 4.59. The average molecular weight is 425 g/mol. The molecule has 1 heterocycles. The SMILES string of the molecule is COC(=O)C1=C(C(=O)OC)N(c2ccc(C(=O)C=Cc3ccc(F)cc3)cc2)COC1. The molecule has 0 saturated heterocycles. The van der Waals surface area contributed by atoms with Crippen molar-refractivity contribution >= 4 is 29.5 Å². The van der Waals surface area contributed by atoms with Gasteiger partial charge in [0, 0.05) is 11.3 Å². The van der Waals surface area contributed by atoms with Crippen LogP contribution in [0.1, 0.15) is 15.9 Å². The van der Waals surface area contributed by atoms with Crippen LogP contribution in [-0.2, 0) is 23.8 Å². The number of ether oxygens (including phenoxy) is 3. The summed E-state index contributed by atoms with van der Waals surface area (Å²) in [6.45, 7) is -0.0684. The molecule has 160 valence electrons. The summed E-state index contributed by atoms with van der Waals surface area (Å²) in [5, 5.41) is 0. The lowest BCUT2D eigenvalue weighted by atomic mass is 10.1. The van der Waals surface area contributed by atoms with Crippen molar-refractivity contribution in [3.63, 3.8) is 0 Å². The van der Waals surface area contributed by atoms with Crippen LogP contribution in [0.25, 0.3) is 6.08 Å². The van der Waals surface area contributed by atoms with E-state index in [1.807, 2.05) is 0 Å². The molecule has 0 radical (unpaired) electrons. The van der Waals surface area contributed by atoms with Crippen molar-refractivity contribution in [2.75, 3.05) is 32.5 Å². The van der Waals surface area contributed by atoms with Gasteiger partial charge < -0.3 is 19.1 Å². The molecule has 3 rings (SSSR count). The highest BCUT2D eigenvalue weighted by Gasteiger charge is 2.32. The topological polar surface area (TPSA) is 82.1 Å². The molecule has 7 nitrogen and oxygen atoms in total. The molecular weight excluding hydrogens is 405 g/mol. The van der Waals surface area contributed by atoms with Gasteiger partial charge in [0.15, 0.2) is 5.78 Å². The van der Waals surface area contributed by atoms with E-state index < -0.39 is 11.9 Å². The van der Waals surface area contributed by atoms with Gasteiger partial charge in [-0.25, -0.2) is 14.0 Å². The lowest BCUT2D eigenvalue weighted by molar-refractivity contribution is -0.140. The Labute approximate surface area is 178 Å². The highest BCUT2D eigenvalue weighted by Crippen LogP contribution is 2.27. The fraction of sp³-hybridized carbons (Fsp3) is 0.174. The summed E-state index contributed by atoms with van der Waals surface area (Å²) < 4.78 is 28.0. The predicted octanol–water partition coefficient (Wildman–Crippen LogP) is 3.12. The van der Waals surface area contributed by atoms with Crippen LogP contribution in [0.4, 0.5) is 10.1 Å². The van der Waals surface area contributed by atoms with Gasteiger partial charge in [-0.05, 0) is 48.0 Å². The molecule has 0 unspecified atom stereocenters. The van der Waals surface area contributed by atoms with Crippen LogP contribution >= 0.6 is 0 Å². The minimum atomic E-state index is -0.703. The maximum atomic E-state index is 13.0. The van der Waals surface area contributed by atoms with Crippen LogP contribution in [0.5, 0.6) is 0 Å². The summed E-state index contributed by atoms with van der Waals surface area (Å²) in [5.41, 5.74) is 1.70. The van der Waals surface area contributed by atoms with Crippen molar-refractivity contribution in [2.24, 2.45) is 0 Å². The fourth-order valence-corrected chi connectivity index (χ4v) is 2.99. The zero-order chi connectivity index (χ0) is 22.4. The first kappa shape index (κ1) is 21.9. The van der Waals surface area contributed by atoms with E-state index in [9.17, 15) is 18.8 Å². The van der Waals surface area contributed by atoms with E-state index in [1.54, 1.807) is 42.5 Å². The molecule has 1 aliphatic rings. The van der Waals surface area contributed by atoms with Gasteiger partial charge in [-0.1, -0.05) is 18.2 Å². The monoisotopic (exact) mass is 425 g/mol. The highest BCUT2D eigenvalue weighted by molar-refractivity contribution is 6.07. The van der Waals surface area contributed by atoms with Gasteiger partial charge in [-0.3, -0.25) is 4.79 Å². The van der Waals surface area contributed by atoms with Crippen molar-refractivity contribution in [1.29, 1.82) is 0 Å². The second kappa shape index (κ2) is 9.82. The Bertz CT molecular complexity index is 1040. The first-order valence-electron chi connectivity index (χ1n) is 9.27. The standard InChI is InChI=1S/C23H20FNO6/c1-29-22(27)19-13-31-14-25(21(19)23(28)30-2)18-10-6-16(7-11-18)20(26)12-5-15-3-8-17(24)9-4-15/h3-12H,13-14H2,1-2H3. The van der Waals surface area contributed by atoms with E-state index >= 15 is 0 Å². The summed E-state index contributed by atoms with van der Waals surface area (Å²) in [4.78, 5) is 38.3. The number of rotatable bonds is 6. The zero-order valence-electron chi connectivity index (χ0n) is 17.0. The van der Waals surface area contributed by atoms with Crippen LogP contribution in [0.2, 0.25) is 0 Å². The summed E-state index contributed by atoms with van der Waals surface area (Å²) in [7, 11) is 2.43. The smallest absolute Gasteiger partial charge is 0.355 e. The normalized spacial score (nSPS) is 14.0. The third kappa shape index (κ3) is 5.04. The van der Waals surface area contributed by atoms with Crippen molar-refractivity contribution < 1.29 is 33.0 Å². The maximum absolute atomic E-state index is 13.0. The molecule has 2 aromatic carbocycles. The number of hydrogen-bond donors (Lipinski definition) is 0. The Morgan fingerprint density at radius 2 is 1.61 bits per heavy atom. The molecule has 0 atom stereocenters. The summed E-state index contributed by atoms with van der Waals surface area (Å²) in [6, 6.07) is 12.2. The quantitative estimate of drug-likeness (QED) is 0.400. The number of benzene rings is 2. The number of halogens is 1. The molecular formula is C23H20FNO6. The van der Waals surface area contributed by atoms with E-state index in [0.717, 1.165) is 0 Å². The average Bonchev–Trinajstić information content (AvgIpc) is 2.82. The molecule has 0 saturated carbocycles. The second-order valence-electron chi connectivity index (χ2n) is 6.51. The molecule has 0 amide bonds. The van der Waals surface area contributed by atoms with Crippen LogP contribution in [-0.4, -0.2) is 45.3 Å². The summed E-state index contributed by atoms with van der Waals surface area (Å²) >= 11 is 0. The number of allylic oxidation sites excluding steroid dienone is 1. The Kier molecular flexibility index (Phi) is 6.94. The number of carbonyl (C=O) groups excluding carboxylic acids is 3. The number of ketones is 1. The Morgan fingerprint density at radius 3 is 2.23 bits per heavy atom. The van der Waals surface area contributed by atoms with E-state index in [2.05, 4.69) is 0 Å². The first-order chi connectivity index (χ1) is 14.9. The van der Waals surface area contributed by atoms with Gasteiger partial charge in [-0.15, -0.1) is 0 Å². The number of methoxy groups -OCH3 is 2. The molecule has 0 spiro atoms. The van der Waals surface area contributed by atoms with Crippen molar-refractivity contribution in [1.82, 2.24) is 0 Å². The Morgan fingerprint density at radius 1 is 0.968 bits per heavy atom. The van der Waals surface area contributed by atoms with Gasteiger partial charge in [-0.2, -0.15) is 0 Å². The van der Waals surface area contributed by atoms with E-state index in [-0.39, 0.29) is 36.2 Å². The van der Waals surface area contributed by atoms with Gasteiger partial charge >= 0.3 is 11.9 Å². The van der Waals surface area contributed by atoms with Gasteiger partial charge in [0.1, 0.15) is 18.2 Å². The molecule has 0 bridgehead atoms. The molecule has 31 heavy (non-hydrogen) atoms. The minimum absolute atomic E-state index is 0.0166. The van der Waals surface area contributed by atoms with Crippen molar-refractivity contribution in [2.45, 2.75) is 0 Å². The van der Waals surface area contributed by atoms with E-state index in [0.29, 0.717) is 16.8 Å². The van der Waals surface area contributed by atoms with Gasteiger partial charge in [0.2, 0.25) is 0 Å². The van der Waals surface area contributed by atoms with Gasteiger partial charge in [0.05, 0.1) is 26.4 Å². The summed E-state index contributed by atoms with van der Waals surface area (Å²) in [5.74, 6) is -1.99. The van der Waals surface area contributed by atoms with Crippen LogP contribution in [0.3, 0.4) is 0 Å². The van der Waals surface area contributed by atoms with Crippen LogP contribution < -0.4 is 4.90 Å². The number of esters is 2. The second-order valence-corrected chi connectivity index (χ2v) is 6.51. The van der Waals surface area contributed by atoms with Crippen LogP contribution in [0.15, 0.2) is 65.9 Å². The van der Waals surface area contributed by atoms with E-state index in [4.69, 9.17) is 14.2 Å². The Hall–Kier alpha value is -3.78. The number of hydrogen-bond acceptors (Lipinski definition) is 7. The van der Waals surface area contributed by atoms with Crippen LogP contribution in [0, 0.1) is 5.82 Å². The largest absolute Gasteiger partial charge is 0.466 e. The van der Waals surface area contributed by atoms with Gasteiger partial charge in [0.25, 0.3) is 0 Å². The van der Waals surface area contributed by atoms with Crippen molar-refractivity contribution in [3.8, 4) is 0 Å². The first-order valence-corrected chi connectivity index (χ1v) is 9.27. The third-order valence-corrected chi connectivity index (χ3v) is 4.59. The number of nitrogens with zero attached hydrogens (tertiary/aromatic N) is 1. The maximum Gasteiger partial charge on any atom is 0.355 e. The van der Waals surface area contributed by atoms with Crippen molar-refractivity contribution in [3.05, 3.63) is 82.8 Å². The molecule has 8 heteroatoms. The number of anilines is 1. The zero-order valence-corrected chi connectivity index (χ0v) is 17.0. The molecule has 2 aromatic rings. The Balaban J connectivity index is 1.83. The highest BCUT2D eigenvalue weighted by atomic mass is 19.1. The lowest BCUT2D eigenvalue weighted by Gasteiger charge is -2.31. The molecule has 1 aliphatic heterocycles. The molecule has 0 aromatic heterocycles. The lowest BCUT2D eigenvalue weighted by Crippen LogP contribution is -2.38.